The highest BCUT2D eigenvalue weighted by Crippen LogP contribution is 2.44. The fourth-order valence-corrected chi connectivity index (χ4v) is 7.15. The van der Waals surface area contributed by atoms with E-state index >= 15 is 0 Å². The van der Waals surface area contributed by atoms with Crippen molar-refractivity contribution in [3.05, 3.63) is 152 Å². The van der Waals surface area contributed by atoms with E-state index in [1.165, 1.54) is 37.7 Å². The van der Waals surface area contributed by atoms with Crippen molar-refractivity contribution in [3.8, 4) is 34.2 Å². The lowest BCUT2D eigenvalue weighted by Crippen LogP contribution is -2.00. The van der Waals surface area contributed by atoms with Gasteiger partial charge in [0, 0.05) is 32.8 Å². The molecule has 4 heteroatoms. The molecule has 2 heterocycles. The van der Waals surface area contributed by atoms with Crippen LogP contribution >= 0.6 is 0 Å². The summed E-state index contributed by atoms with van der Waals surface area (Å²) >= 11 is 0. The van der Waals surface area contributed by atoms with Crippen LogP contribution in [0.25, 0.3) is 99.2 Å². The first kappa shape index (κ1) is 25.9. The predicted molar refractivity (Wildman–Crippen MR) is 193 cm³/mol. The van der Waals surface area contributed by atoms with Gasteiger partial charge in [-0.25, -0.2) is 15.0 Å². The van der Waals surface area contributed by atoms with Gasteiger partial charge >= 0.3 is 0 Å². The quantitative estimate of drug-likeness (QED) is 0.190. The standard InChI is InChI=1S/C43H25N3O/c1-3-12-27(13-4-1)41-44-42(28-14-5-2-6-15-28)46-43(45-41)29-19-21-32-34-22-24-37-40(38(34)33-18-10-9-17-31(33)35(32)25-29)39-30-16-8-7-11-26(30)20-23-36(39)47-37/h1-25H. The maximum atomic E-state index is 6.48. The minimum atomic E-state index is 0.645. The average molecular weight is 600 g/mol. The van der Waals surface area contributed by atoms with Crippen LogP contribution in [0.3, 0.4) is 0 Å². The average Bonchev–Trinajstić information content (AvgIpc) is 3.55. The Hall–Kier alpha value is -6.39. The van der Waals surface area contributed by atoms with Gasteiger partial charge in [0.1, 0.15) is 11.2 Å². The molecule has 0 saturated heterocycles. The minimum absolute atomic E-state index is 0.645. The second-order valence-corrected chi connectivity index (χ2v) is 12.0. The normalized spacial score (nSPS) is 11.8. The molecule has 0 fully saturated rings. The Balaban J connectivity index is 1.28. The van der Waals surface area contributed by atoms with Gasteiger partial charge in [-0.15, -0.1) is 0 Å². The third kappa shape index (κ3) is 3.98. The summed E-state index contributed by atoms with van der Waals surface area (Å²) in [6.07, 6.45) is 0. The summed E-state index contributed by atoms with van der Waals surface area (Å²) < 4.78 is 6.48. The maximum Gasteiger partial charge on any atom is 0.164 e. The second kappa shape index (κ2) is 10.1. The van der Waals surface area contributed by atoms with Gasteiger partial charge in [-0.05, 0) is 62.0 Å². The molecule has 0 saturated carbocycles. The van der Waals surface area contributed by atoms with E-state index < -0.39 is 0 Å². The van der Waals surface area contributed by atoms with Crippen LogP contribution in [0, 0.1) is 0 Å². The Labute approximate surface area is 269 Å². The molecule has 218 valence electrons. The maximum absolute atomic E-state index is 6.48. The van der Waals surface area contributed by atoms with E-state index in [-0.39, 0.29) is 0 Å². The van der Waals surface area contributed by atoms with Gasteiger partial charge in [-0.3, -0.25) is 0 Å². The number of hydrogen-bond donors (Lipinski definition) is 0. The summed E-state index contributed by atoms with van der Waals surface area (Å²) in [5.74, 6) is 1.95. The van der Waals surface area contributed by atoms with Gasteiger partial charge in [0.15, 0.2) is 17.5 Å². The van der Waals surface area contributed by atoms with E-state index in [2.05, 4.69) is 91.0 Å². The Bertz CT molecular complexity index is 2760. The number of hydrogen-bond acceptors (Lipinski definition) is 4. The molecule has 0 amide bonds. The van der Waals surface area contributed by atoms with Crippen LogP contribution in [-0.2, 0) is 0 Å². The lowest BCUT2D eigenvalue weighted by molar-refractivity contribution is 0.669. The molecule has 0 atom stereocenters. The molecule has 0 radical (unpaired) electrons. The highest BCUT2D eigenvalue weighted by atomic mass is 16.3. The monoisotopic (exact) mass is 599 g/mol. The number of aromatic nitrogens is 3. The number of nitrogens with zero attached hydrogens (tertiary/aromatic N) is 3. The largest absolute Gasteiger partial charge is 0.456 e. The summed E-state index contributed by atoms with van der Waals surface area (Å²) in [7, 11) is 0. The first-order valence-electron chi connectivity index (χ1n) is 15.8. The van der Waals surface area contributed by atoms with Crippen LogP contribution in [0.5, 0.6) is 0 Å². The molecular weight excluding hydrogens is 574 g/mol. The highest BCUT2D eigenvalue weighted by molar-refractivity contribution is 6.36. The number of fused-ring (bicyclic) bond motifs is 12. The van der Waals surface area contributed by atoms with Crippen molar-refractivity contribution in [2.45, 2.75) is 0 Å². The van der Waals surface area contributed by atoms with Crippen molar-refractivity contribution in [1.29, 1.82) is 0 Å². The molecule has 0 aliphatic carbocycles. The summed E-state index contributed by atoms with van der Waals surface area (Å²) in [6.45, 7) is 0. The van der Waals surface area contributed by atoms with Crippen molar-refractivity contribution < 1.29 is 4.42 Å². The van der Waals surface area contributed by atoms with Gasteiger partial charge in [-0.1, -0.05) is 127 Å². The topological polar surface area (TPSA) is 51.8 Å². The summed E-state index contributed by atoms with van der Waals surface area (Å²) in [4.78, 5) is 14.9. The second-order valence-electron chi connectivity index (χ2n) is 12.0. The molecule has 0 aliphatic rings. The first-order valence-corrected chi connectivity index (χ1v) is 15.8. The Morgan fingerprint density at radius 2 is 0.830 bits per heavy atom. The van der Waals surface area contributed by atoms with Gasteiger partial charge in [0.25, 0.3) is 0 Å². The van der Waals surface area contributed by atoms with Crippen LogP contribution in [0.15, 0.2) is 156 Å². The van der Waals surface area contributed by atoms with Gasteiger partial charge in [0.05, 0.1) is 0 Å². The van der Waals surface area contributed by atoms with Gasteiger partial charge in [0.2, 0.25) is 0 Å². The molecule has 10 aromatic rings. The Morgan fingerprint density at radius 3 is 1.55 bits per heavy atom. The van der Waals surface area contributed by atoms with Crippen LogP contribution in [0.1, 0.15) is 0 Å². The van der Waals surface area contributed by atoms with Crippen molar-refractivity contribution in [2.24, 2.45) is 0 Å². The Morgan fingerprint density at radius 1 is 0.319 bits per heavy atom. The molecule has 0 aliphatic heterocycles. The van der Waals surface area contributed by atoms with Gasteiger partial charge in [-0.2, -0.15) is 0 Å². The fourth-order valence-electron chi connectivity index (χ4n) is 7.15. The number of benzene rings is 8. The molecule has 0 bridgehead atoms. The van der Waals surface area contributed by atoms with Crippen molar-refractivity contribution in [3.63, 3.8) is 0 Å². The van der Waals surface area contributed by atoms with Crippen molar-refractivity contribution in [1.82, 2.24) is 15.0 Å². The zero-order valence-corrected chi connectivity index (χ0v) is 25.2. The van der Waals surface area contributed by atoms with E-state index in [1.54, 1.807) is 0 Å². The van der Waals surface area contributed by atoms with Crippen LogP contribution in [0.2, 0.25) is 0 Å². The van der Waals surface area contributed by atoms with E-state index in [4.69, 9.17) is 19.4 Å². The molecule has 2 aromatic heterocycles. The third-order valence-corrected chi connectivity index (χ3v) is 9.28. The van der Waals surface area contributed by atoms with E-state index in [9.17, 15) is 0 Å². The van der Waals surface area contributed by atoms with E-state index in [1.807, 2.05) is 60.7 Å². The van der Waals surface area contributed by atoms with E-state index in [0.29, 0.717) is 17.5 Å². The molecule has 0 spiro atoms. The van der Waals surface area contributed by atoms with Gasteiger partial charge < -0.3 is 4.42 Å². The van der Waals surface area contributed by atoms with Crippen LogP contribution in [0.4, 0.5) is 0 Å². The smallest absolute Gasteiger partial charge is 0.164 e. The lowest BCUT2D eigenvalue weighted by atomic mass is 9.90. The summed E-state index contributed by atoms with van der Waals surface area (Å²) in [6, 6.07) is 52.6. The SMILES string of the molecule is c1ccc(-c2nc(-c3ccccc3)nc(-c3ccc4c(c3)c3ccccc3c3c4ccc4oc5ccc6ccccc6c5c43)n2)cc1. The number of rotatable bonds is 3. The zero-order chi connectivity index (χ0) is 30.9. The molecule has 0 N–H and O–H groups in total. The zero-order valence-electron chi connectivity index (χ0n) is 25.2. The van der Waals surface area contributed by atoms with E-state index in [0.717, 1.165) is 44.0 Å². The van der Waals surface area contributed by atoms with Crippen molar-refractivity contribution in [2.75, 3.05) is 0 Å². The lowest BCUT2D eigenvalue weighted by Gasteiger charge is -2.13. The Kier molecular flexibility index (Phi) is 5.54. The fraction of sp³-hybridized carbons (Fsp3) is 0. The van der Waals surface area contributed by atoms with Crippen LogP contribution < -0.4 is 0 Å². The predicted octanol–water partition coefficient (Wildman–Crippen LogP) is 11.4. The highest BCUT2D eigenvalue weighted by Gasteiger charge is 2.19. The number of furan rings is 1. The van der Waals surface area contributed by atoms with Crippen LogP contribution in [-0.4, -0.2) is 15.0 Å². The minimum Gasteiger partial charge on any atom is -0.456 e. The third-order valence-electron chi connectivity index (χ3n) is 9.28. The summed E-state index contributed by atoms with van der Waals surface area (Å²) in [5.41, 5.74) is 4.66. The first-order chi connectivity index (χ1) is 23.3. The molecule has 10 rings (SSSR count). The van der Waals surface area contributed by atoms with Crippen molar-refractivity contribution >= 4 is 65.0 Å². The molecule has 8 aromatic carbocycles. The molecular formula is C43H25N3O. The molecule has 47 heavy (non-hydrogen) atoms. The molecule has 0 unspecified atom stereocenters. The summed E-state index contributed by atoms with van der Waals surface area (Å²) in [5, 5.41) is 11.9. The molecule has 4 nitrogen and oxygen atoms in total.